The van der Waals surface area contributed by atoms with E-state index >= 15 is 0 Å². The molecule has 3 aromatic carbocycles. The fourth-order valence-electron chi connectivity index (χ4n) is 3.54. The maximum atomic E-state index is 13.5. The highest BCUT2D eigenvalue weighted by Crippen LogP contribution is 2.18. The molecule has 2 atom stereocenters. The predicted molar refractivity (Wildman–Crippen MR) is 138 cm³/mol. The topological polar surface area (TPSA) is 58.6 Å². The highest BCUT2D eigenvalue weighted by molar-refractivity contribution is 9.10. The number of rotatable bonds is 11. The Balaban J connectivity index is 1.89. The van der Waals surface area contributed by atoms with E-state index in [2.05, 4.69) is 21.2 Å². The molecule has 0 saturated carbocycles. The van der Waals surface area contributed by atoms with Gasteiger partial charge in [0.25, 0.3) is 5.91 Å². The summed E-state index contributed by atoms with van der Waals surface area (Å²) in [6.45, 7) is 3.84. The molecule has 0 aliphatic heterocycles. The molecule has 2 unspecified atom stereocenters. The molecule has 0 spiro atoms. The average Bonchev–Trinajstić information content (AvgIpc) is 2.87. The van der Waals surface area contributed by atoms with Crippen molar-refractivity contribution in [1.29, 1.82) is 0 Å². The average molecular weight is 541 g/mol. The maximum Gasteiger partial charge on any atom is 0.261 e. The van der Waals surface area contributed by atoms with Crippen LogP contribution in [0.2, 0.25) is 0 Å². The van der Waals surface area contributed by atoms with Crippen LogP contribution in [-0.4, -0.2) is 35.4 Å². The summed E-state index contributed by atoms with van der Waals surface area (Å²) in [6, 6.07) is 21.9. The summed E-state index contributed by atoms with van der Waals surface area (Å²) in [6.07, 6.45) is 1.11. The van der Waals surface area contributed by atoms with Gasteiger partial charge in [-0.3, -0.25) is 9.59 Å². The highest BCUT2D eigenvalue weighted by Gasteiger charge is 2.31. The van der Waals surface area contributed by atoms with Crippen LogP contribution < -0.4 is 10.1 Å². The third-order valence-corrected chi connectivity index (χ3v) is 6.24. The first-order valence-corrected chi connectivity index (χ1v) is 12.4. The highest BCUT2D eigenvalue weighted by atomic mass is 79.9. The Morgan fingerprint density at radius 3 is 2.26 bits per heavy atom. The molecule has 0 aromatic heterocycles. The predicted octanol–water partition coefficient (Wildman–Crippen LogP) is 5.52. The van der Waals surface area contributed by atoms with Crippen molar-refractivity contribution in [2.24, 2.45) is 0 Å². The van der Waals surface area contributed by atoms with E-state index in [1.165, 1.54) is 17.0 Å². The van der Waals surface area contributed by atoms with E-state index in [1.54, 1.807) is 24.3 Å². The molecule has 0 saturated heterocycles. The zero-order chi connectivity index (χ0) is 25.2. The Kier molecular flexibility index (Phi) is 9.85. The molecular formula is C28H30BrFN2O3. The molecule has 0 aliphatic carbocycles. The number of amides is 2. The van der Waals surface area contributed by atoms with Gasteiger partial charge >= 0.3 is 0 Å². The lowest BCUT2D eigenvalue weighted by Crippen LogP contribution is -2.53. The molecule has 7 heteroatoms. The summed E-state index contributed by atoms with van der Waals surface area (Å²) in [4.78, 5) is 28.4. The summed E-state index contributed by atoms with van der Waals surface area (Å²) in [5.41, 5.74) is 1.65. The van der Waals surface area contributed by atoms with E-state index in [0.717, 1.165) is 22.0 Å². The number of nitrogens with zero attached hydrogens (tertiary/aromatic N) is 1. The fraction of sp³-hybridized carbons (Fsp3) is 0.286. The minimum atomic E-state index is -0.766. The van der Waals surface area contributed by atoms with Gasteiger partial charge in [-0.2, -0.15) is 0 Å². The number of ether oxygens (including phenoxy) is 1. The van der Waals surface area contributed by atoms with Gasteiger partial charge in [-0.15, -0.1) is 0 Å². The number of benzene rings is 3. The van der Waals surface area contributed by atoms with Crippen LogP contribution in [-0.2, 0) is 22.6 Å². The largest absolute Gasteiger partial charge is 0.484 e. The molecular weight excluding hydrogens is 511 g/mol. The van der Waals surface area contributed by atoms with Crippen molar-refractivity contribution in [3.8, 4) is 5.75 Å². The second-order valence-electron chi connectivity index (χ2n) is 8.41. The maximum absolute atomic E-state index is 13.5. The Morgan fingerprint density at radius 2 is 1.63 bits per heavy atom. The molecule has 184 valence electrons. The van der Waals surface area contributed by atoms with E-state index in [0.29, 0.717) is 12.2 Å². The standard InChI is InChI=1S/C28H30BrFN2O3/c1-3-20(2)31-28(34)26(17-21-7-5-4-6-8-21)32(18-22-9-13-24(30)14-10-22)27(33)19-35-25-15-11-23(29)12-16-25/h4-16,20,26H,3,17-19H2,1-2H3,(H,31,34). The molecule has 5 nitrogen and oxygen atoms in total. The van der Waals surface area contributed by atoms with Gasteiger partial charge in [0, 0.05) is 23.5 Å². The zero-order valence-corrected chi connectivity index (χ0v) is 21.5. The molecule has 2 amide bonds. The third-order valence-electron chi connectivity index (χ3n) is 5.71. The van der Waals surface area contributed by atoms with E-state index < -0.39 is 6.04 Å². The van der Waals surface area contributed by atoms with E-state index in [9.17, 15) is 14.0 Å². The Hall–Kier alpha value is -3.19. The zero-order valence-electron chi connectivity index (χ0n) is 19.9. The van der Waals surface area contributed by atoms with Gasteiger partial charge in [-0.1, -0.05) is 65.3 Å². The molecule has 0 fully saturated rings. The first-order chi connectivity index (χ1) is 16.9. The van der Waals surface area contributed by atoms with Crippen molar-refractivity contribution < 1.29 is 18.7 Å². The van der Waals surface area contributed by atoms with Crippen molar-refractivity contribution in [3.05, 3.63) is 100 Å². The second-order valence-corrected chi connectivity index (χ2v) is 9.33. The van der Waals surface area contributed by atoms with Crippen molar-refractivity contribution >= 4 is 27.7 Å². The van der Waals surface area contributed by atoms with Crippen molar-refractivity contribution in [2.75, 3.05) is 6.61 Å². The lowest BCUT2D eigenvalue weighted by atomic mass is 10.0. The van der Waals surface area contributed by atoms with Gasteiger partial charge < -0.3 is 15.0 Å². The van der Waals surface area contributed by atoms with E-state index in [4.69, 9.17) is 4.74 Å². The monoisotopic (exact) mass is 540 g/mol. The number of halogens is 2. The van der Waals surface area contributed by atoms with Crippen LogP contribution in [0.1, 0.15) is 31.4 Å². The summed E-state index contributed by atoms with van der Waals surface area (Å²) in [5.74, 6) is -0.382. The van der Waals surface area contributed by atoms with Crippen LogP contribution in [0.25, 0.3) is 0 Å². The number of hydrogen-bond acceptors (Lipinski definition) is 3. The van der Waals surface area contributed by atoms with Gasteiger partial charge in [0.1, 0.15) is 17.6 Å². The van der Waals surface area contributed by atoms with Gasteiger partial charge in [0.2, 0.25) is 5.91 Å². The normalized spacial score (nSPS) is 12.5. The summed E-state index contributed by atoms with van der Waals surface area (Å²) < 4.78 is 20.1. The minimum Gasteiger partial charge on any atom is -0.484 e. The molecule has 0 bridgehead atoms. The number of carbonyl (C=O) groups excluding carboxylic acids is 2. The third kappa shape index (κ3) is 8.21. The molecule has 35 heavy (non-hydrogen) atoms. The van der Waals surface area contributed by atoms with Crippen LogP contribution in [0.3, 0.4) is 0 Å². The summed E-state index contributed by atoms with van der Waals surface area (Å²) >= 11 is 3.38. The smallest absolute Gasteiger partial charge is 0.261 e. The van der Waals surface area contributed by atoms with Crippen LogP contribution in [0.15, 0.2) is 83.3 Å². The van der Waals surface area contributed by atoms with Crippen molar-refractivity contribution in [1.82, 2.24) is 10.2 Å². The SMILES string of the molecule is CCC(C)NC(=O)C(Cc1ccccc1)N(Cc1ccc(F)cc1)C(=O)COc1ccc(Br)cc1. The van der Waals surface area contributed by atoms with Gasteiger partial charge in [-0.05, 0) is 60.9 Å². The first kappa shape index (κ1) is 26.4. The summed E-state index contributed by atoms with van der Waals surface area (Å²) in [7, 11) is 0. The summed E-state index contributed by atoms with van der Waals surface area (Å²) in [5, 5.41) is 3.02. The van der Waals surface area contributed by atoms with Gasteiger partial charge in [0.15, 0.2) is 6.61 Å². The van der Waals surface area contributed by atoms with Crippen LogP contribution in [0.5, 0.6) is 5.75 Å². The Labute approximate surface area is 214 Å². The molecule has 3 rings (SSSR count). The van der Waals surface area contributed by atoms with E-state index in [-0.39, 0.29) is 36.8 Å². The fourth-order valence-corrected chi connectivity index (χ4v) is 3.80. The quantitative estimate of drug-likeness (QED) is 0.348. The minimum absolute atomic E-state index is 0.0393. The lowest BCUT2D eigenvalue weighted by Gasteiger charge is -2.32. The van der Waals surface area contributed by atoms with Crippen LogP contribution >= 0.6 is 15.9 Å². The van der Waals surface area contributed by atoms with Crippen molar-refractivity contribution in [2.45, 2.75) is 45.3 Å². The second kappa shape index (κ2) is 13.0. The molecule has 1 N–H and O–H groups in total. The number of carbonyl (C=O) groups is 2. The van der Waals surface area contributed by atoms with Crippen LogP contribution in [0, 0.1) is 5.82 Å². The Bertz CT molecular complexity index is 1090. The molecule has 0 aliphatic rings. The molecule has 0 heterocycles. The van der Waals surface area contributed by atoms with E-state index in [1.807, 2.05) is 56.3 Å². The number of hydrogen-bond donors (Lipinski definition) is 1. The van der Waals surface area contributed by atoms with Gasteiger partial charge in [-0.25, -0.2) is 4.39 Å². The van der Waals surface area contributed by atoms with Crippen LogP contribution in [0.4, 0.5) is 4.39 Å². The van der Waals surface area contributed by atoms with Crippen molar-refractivity contribution in [3.63, 3.8) is 0 Å². The lowest BCUT2D eigenvalue weighted by molar-refractivity contribution is -0.143. The molecule has 0 radical (unpaired) electrons. The molecule has 3 aromatic rings. The Morgan fingerprint density at radius 1 is 0.971 bits per heavy atom. The number of nitrogens with one attached hydrogen (secondary N) is 1. The first-order valence-electron chi connectivity index (χ1n) is 11.6. The van der Waals surface area contributed by atoms with Gasteiger partial charge in [0.05, 0.1) is 0 Å².